The van der Waals surface area contributed by atoms with Crippen LogP contribution in [0.1, 0.15) is 12.8 Å². The van der Waals surface area contributed by atoms with E-state index in [1.807, 2.05) is 6.26 Å². The summed E-state index contributed by atoms with van der Waals surface area (Å²) in [7, 11) is -3.49. The zero-order valence-electron chi connectivity index (χ0n) is 10.7. The number of thioether (sulfide) groups is 1. The molecule has 0 radical (unpaired) electrons. The number of halogens is 1. The fourth-order valence-corrected chi connectivity index (χ4v) is 4.97. The van der Waals surface area contributed by atoms with Crippen molar-refractivity contribution in [3.63, 3.8) is 0 Å². The highest BCUT2D eigenvalue weighted by atomic mass is 35.5. The number of sulfonamides is 1. The van der Waals surface area contributed by atoms with Gasteiger partial charge in [-0.1, -0.05) is 11.6 Å². The molecule has 4 nitrogen and oxygen atoms in total. The Morgan fingerprint density at radius 2 is 2.26 bits per heavy atom. The van der Waals surface area contributed by atoms with Gasteiger partial charge in [0, 0.05) is 24.0 Å². The van der Waals surface area contributed by atoms with Crippen molar-refractivity contribution in [1.82, 2.24) is 4.31 Å². The molecule has 19 heavy (non-hydrogen) atoms. The van der Waals surface area contributed by atoms with Crippen molar-refractivity contribution < 1.29 is 8.42 Å². The molecule has 1 saturated heterocycles. The van der Waals surface area contributed by atoms with E-state index in [2.05, 4.69) is 0 Å². The van der Waals surface area contributed by atoms with Crippen LogP contribution in [0, 0.1) is 0 Å². The molecule has 0 aromatic heterocycles. The molecule has 1 fully saturated rings. The van der Waals surface area contributed by atoms with Crippen LogP contribution in [0.15, 0.2) is 28.0 Å². The average molecular weight is 321 g/mol. The Kier molecular flexibility index (Phi) is 4.79. The number of benzene rings is 1. The summed E-state index contributed by atoms with van der Waals surface area (Å²) in [6, 6.07) is 4.78. The van der Waals surface area contributed by atoms with E-state index < -0.39 is 10.0 Å². The van der Waals surface area contributed by atoms with Gasteiger partial charge in [0.2, 0.25) is 10.0 Å². The molecule has 1 unspecified atom stereocenters. The molecule has 0 bridgehead atoms. The highest BCUT2D eigenvalue weighted by Crippen LogP contribution is 2.31. The van der Waals surface area contributed by atoms with Gasteiger partial charge in [-0.2, -0.15) is 4.31 Å². The van der Waals surface area contributed by atoms with E-state index in [4.69, 9.17) is 17.3 Å². The number of rotatable bonds is 4. The molecule has 1 aliphatic heterocycles. The van der Waals surface area contributed by atoms with Crippen LogP contribution >= 0.6 is 23.4 Å². The highest BCUT2D eigenvalue weighted by Gasteiger charge is 2.34. The highest BCUT2D eigenvalue weighted by molar-refractivity contribution is 7.98. The molecular weight excluding hydrogens is 304 g/mol. The standard InChI is InChI=1S/C12H17ClN2O2S2/c1-18-12-5-4-10(7-11(12)13)19(16,17)15-6-2-3-9(15)8-14/h4-5,7,9H,2-3,6,8,14H2,1H3. The molecular formula is C12H17ClN2O2S2. The summed E-state index contributed by atoms with van der Waals surface area (Å²) in [5, 5.41) is 0.470. The van der Waals surface area contributed by atoms with Crippen molar-refractivity contribution in [1.29, 1.82) is 0 Å². The second-order valence-corrected chi connectivity index (χ2v) is 7.59. The minimum atomic E-state index is -3.49. The summed E-state index contributed by atoms with van der Waals surface area (Å²) in [5.74, 6) is 0. The van der Waals surface area contributed by atoms with Crippen molar-refractivity contribution in [2.24, 2.45) is 5.73 Å². The summed E-state index contributed by atoms with van der Waals surface area (Å²) in [4.78, 5) is 1.12. The lowest BCUT2D eigenvalue weighted by Gasteiger charge is -2.23. The zero-order chi connectivity index (χ0) is 14.0. The second kappa shape index (κ2) is 6.01. The van der Waals surface area contributed by atoms with Gasteiger partial charge in [-0.3, -0.25) is 0 Å². The molecule has 2 N–H and O–H groups in total. The molecule has 0 spiro atoms. The van der Waals surface area contributed by atoms with Crippen LogP contribution in [-0.4, -0.2) is 38.1 Å². The molecule has 0 saturated carbocycles. The van der Waals surface area contributed by atoms with Crippen LogP contribution in [0.2, 0.25) is 5.02 Å². The summed E-state index contributed by atoms with van der Waals surface area (Å²) >= 11 is 7.58. The molecule has 1 atom stereocenters. The molecule has 1 aromatic carbocycles. The molecule has 0 amide bonds. The molecule has 106 valence electrons. The summed E-state index contributed by atoms with van der Waals surface area (Å²) in [6.07, 6.45) is 3.59. The van der Waals surface area contributed by atoms with Gasteiger partial charge in [0.05, 0.1) is 9.92 Å². The van der Waals surface area contributed by atoms with E-state index in [0.717, 1.165) is 17.7 Å². The normalized spacial score (nSPS) is 20.9. The quantitative estimate of drug-likeness (QED) is 0.864. The maximum atomic E-state index is 12.6. The fraction of sp³-hybridized carbons (Fsp3) is 0.500. The number of hydrogen-bond acceptors (Lipinski definition) is 4. The lowest BCUT2D eigenvalue weighted by Crippen LogP contribution is -2.39. The third kappa shape index (κ3) is 2.92. The molecule has 1 heterocycles. The Balaban J connectivity index is 2.37. The first-order chi connectivity index (χ1) is 9.00. The average Bonchev–Trinajstić information content (AvgIpc) is 2.87. The van der Waals surface area contributed by atoms with E-state index in [1.165, 1.54) is 22.1 Å². The Bertz CT molecular complexity index is 563. The first-order valence-corrected chi connectivity index (χ1v) is 9.10. The summed E-state index contributed by atoms with van der Waals surface area (Å²) < 4.78 is 26.6. The lowest BCUT2D eigenvalue weighted by molar-refractivity contribution is 0.393. The first-order valence-electron chi connectivity index (χ1n) is 6.06. The van der Waals surface area contributed by atoms with Crippen LogP contribution in [0.3, 0.4) is 0 Å². The predicted molar refractivity (Wildman–Crippen MR) is 79.2 cm³/mol. The van der Waals surface area contributed by atoms with Gasteiger partial charge in [0.15, 0.2) is 0 Å². The molecule has 2 rings (SSSR count). The largest absolute Gasteiger partial charge is 0.329 e. The number of nitrogens with two attached hydrogens (primary N) is 1. The van der Waals surface area contributed by atoms with Crippen LogP contribution in [0.25, 0.3) is 0 Å². The van der Waals surface area contributed by atoms with Gasteiger partial charge in [-0.15, -0.1) is 11.8 Å². The van der Waals surface area contributed by atoms with Gasteiger partial charge in [-0.25, -0.2) is 8.42 Å². The lowest BCUT2D eigenvalue weighted by atomic mass is 10.2. The Morgan fingerprint density at radius 3 is 2.84 bits per heavy atom. The van der Waals surface area contributed by atoms with Crippen LogP contribution in [0.5, 0.6) is 0 Å². The topological polar surface area (TPSA) is 63.4 Å². The first kappa shape index (κ1) is 15.1. The Labute approximate surface area is 123 Å². The third-order valence-corrected chi connectivity index (χ3v) is 6.49. The number of nitrogens with zero attached hydrogens (tertiary/aromatic N) is 1. The van der Waals surface area contributed by atoms with E-state index in [9.17, 15) is 8.42 Å². The van der Waals surface area contributed by atoms with Crippen molar-refractivity contribution in [2.75, 3.05) is 19.3 Å². The smallest absolute Gasteiger partial charge is 0.243 e. The zero-order valence-corrected chi connectivity index (χ0v) is 13.1. The maximum Gasteiger partial charge on any atom is 0.243 e. The van der Waals surface area contributed by atoms with Gasteiger partial charge in [0.1, 0.15) is 0 Å². The van der Waals surface area contributed by atoms with Gasteiger partial charge in [-0.05, 0) is 37.3 Å². The van der Waals surface area contributed by atoms with Crippen molar-refractivity contribution in [3.05, 3.63) is 23.2 Å². The minimum absolute atomic E-state index is 0.0935. The van der Waals surface area contributed by atoms with Crippen molar-refractivity contribution >= 4 is 33.4 Å². The molecule has 1 aliphatic rings. The predicted octanol–water partition coefficient (Wildman–Crippen LogP) is 2.17. The van der Waals surface area contributed by atoms with E-state index in [0.29, 0.717) is 18.1 Å². The van der Waals surface area contributed by atoms with Gasteiger partial charge < -0.3 is 5.73 Å². The molecule has 7 heteroatoms. The van der Waals surface area contributed by atoms with Crippen LogP contribution in [-0.2, 0) is 10.0 Å². The van der Waals surface area contributed by atoms with Gasteiger partial charge in [0.25, 0.3) is 0 Å². The second-order valence-electron chi connectivity index (χ2n) is 4.44. The summed E-state index contributed by atoms with van der Waals surface area (Å²) in [6.45, 7) is 0.891. The van der Waals surface area contributed by atoms with Crippen molar-refractivity contribution in [3.8, 4) is 0 Å². The van der Waals surface area contributed by atoms with E-state index >= 15 is 0 Å². The number of hydrogen-bond donors (Lipinski definition) is 1. The molecule has 1 aromatic rings. The SMILES string of the molecule is CSc1ccc(S(=O)(=O)N2CCCC2CN)cc1Cl. The van der Waals surface area contributed by atoms with E-state index in [-0.39, 0.29) is 10.9 Å². The van der Waals surface area contributed by atoms with Gasteiger partial charge >= 0.3 is 0 Å². The Hall–Kier alpha value is -0.270. The molecule has 0 aliphatic carbocycles. The fourth-order valence-electron chi connectivity index (χ4n) is 2.30. The third-order valence-electron chi connectivity index (χ3n) is 3.33. The maximum absolute atomic E-state index is 12.6. The van der Waals surface area contributed by atoms with Crippen LogP contribution in [0.4, 0.5) is 0 Å². The van der Waals surface area contributed by atoms with E-state index in [1.54, 1.807) is 12.1 Å². The van der Waals surface area contributed by atoms with Crippen molar-refractivity contribution in [2.45, 2.75) is 28.7 Å². The minimum Gasteiger partial charge on any atom is -0.329 e. The Morgan fingerprint density at radius 1 is 1.53 bits per heavy atom. The summed E-state index contributed by atoms with van der Waals surface area (Å²) in [5.41, 5.74) is 5.64. The van der Waals surface area contributed by atoms with Crippen LogP contribution < -0.4 is 5.73 Å². The monoisotopic (exact) mass is 320 g/mol.